The highest BCUT2D eigenvalue weighted by molar-refractivity contribution is 5.82. The van der Waals surface area contributed by atoms with Gasteiger partial charge in [-0.25, -0.2) is 9.59 Å². The normalized spacial score (nSPS) is 11.7. The van der Waals surface area contributed by atoms with Crippen LogP contribution in [0.2, 0.25) is 0 Å². The zero-order valence-electron chi connectivity index (χ0n) is 12.4. The lowest BCUT2D eigenvalue weighted by Gasteiger charge is -2.15. The summed E-state index contributed by atoms with van der Waals surface area (Å²) >= 11 is 0. The van der Waals surface area contributed by atoms with Crippen LogP contribution in [0.5, 0.6) is 0 Å². The molecule has 2 amide bonds. The van der Waals surface area contributed by atoms with Crippen LogP contribution in [0.1, 0.15) is 39.0 Å². The van der Waals surface area contributed by atoms with Crippen LogP contribution >= 0.6 is 0 Å². The second-order valence-corrected chi connectivity index (χ2v) is 4.64. The van der Waals surface area contributed by atoms with E-state index in [2.05, 4.69) is 16.0 Å². The number of carboxylic acids is 2. The maximum absolute atomic E-state index is 11.5. The Balaban J connectivity index is 3.88. The van der Waals surface area contributed by atoms with Crippen LogP contribution < -0.4 is 16.0 Å². The molecular formula is C13H25N3O5. The average molecular weight is 303 g/mol. The third-order valence-corrected chi connectivity index (χ3v) is 2.80. The van der Waals surface area contributed by atoms with E-state index in [0.717, 1.165) is 19.5 Å². The lowest BCUT2D eigenvalue weighted by atomic mass is 10.1. The van der Waals surface area contributed by atoms with Crippen molar-refractivity contribution >= 4 is 18.0 Å². The summed E-state index contributed by atoms with van der Waals surface area (Å²) in [6.45, 7) is 3.89. The molecule has 8 heteroatoms. The summed E-state index contributed by atoms with van der Waals surface area (Å²) in [7, 11) is 0. The number of carbonyl (C=O) groups excluding carboxylic acids is 1. The molecule has 8 nitrogen and oxygen atoms in total. The first-order valence-corrected chi connectivity index (χ1v) is 7.17. The van der Waals surface area contributed by atoms with Crippen LogP contribution in [0.15, 0.2) is 0 Å². The minimum atomic E-state index is -1.07. The summed E-state index contributed by atoms with van der Waals surface area (Å²) < 4.78 is 0. The number of amides is 2. The smallest absolute Gasteiger partial charge is 0.326 e. The Morgan fingerprint density at radius 1 is 1.05 bits per heavy atom. The molecule has 0 aromatic heterocycles. The summed E-state index contributed by atoms with van der Waals surface area (Å²) in [5.74, 6) is -2.00. The molecule has 0 radical (unpaired) electrons. The lowest BCUT2D eigenvalue weighted by Crippen LogP contribution is -2.46. The molecule has 0 saturated heterocycles. The van der Waals surface area contributed by atoms with Gasteiger partial charge < -0.3 is 26.2 Å². The molecule has 0 aliphatic rings. The minimum absolute atomic E-state index is 0.0347. The van der Waals surface area contributed by atoms with Gasteiger partial charge in [-0.2, -0.15) is 0 Å². The second-order valence-electron chi connectivity index (χ2n) is 4.64. The molecule has 0 spiro atoms. The van der Waals surface area contributed by atoms with Crippen molar-refractivity contribution in [2.45, 2.75) is 45.1 Å². The Bertz CT molecular complexity index is 336. The third kappa shape index (κ3) is 11.7. The molecule has 0 aliphatic heterocycles. The first-order chi connectivity index (χ1) is 9.97. The van der Waals surface area contributed by atoms with Crippen molar-refractivity contribution in [2.75, 3.05) is 19.6 Å². The molecule has 122 valence electrons. The zero-order chi connectivity index (χ0) is 16.1. The fraction of sp³-hybridized carbons (Fsp3) is 0.769. The average Bonchev–Trinajstić information content (AvgIpc) is 2.41. The van der Waals surface area contributed by atoms with E-state index >= 15 is 0 Å². The Morgan fingerprint density at radius 3 is 2.33 bits per heavy atom. The molecule has 1 atom stereocenters. The van der Waals surface area contributed by atoms with Crippen LogP contribution in [0.25, 0.3) is 0 Å². The van der Waals surface area contributed by atoms with Gasteiger partial charge in [-0.15, -0.1) is 0 Å². The Morgan fingerprint density at radius 2 is 1.76 bits per heavy atom. The van der Waals surface area contributed by atoms with Gasteiger partial charge in [0, 0.05) is 13.0 Å². The van der Waals surface area contributed by atoms with Gasteiger partial charge in [-0.1, -0.05) is 6.92 Å². The number of hydrogen-bond acceptors (Lipinski definition) is 4. The SMILES string of the molecule is CCNCCCC[C@H](NC(=O)NCCCC(=O)O)C(=O)O. The van der Waals surface area contributed by atoms with E-state index in [0.29, 0.717) is 19.3 Å². The molecule has 0 rings (SSSR count). The summed E-state index contributed by atoms with van der Waals surface area (Å²) in [5, 5.41) is 25.4. The predicted octanol–water partition coefficient (Wildman–Crippen LogP) is 0.383. The number of urea groups is 1. The number of hydrogen-bond donors (Lipinski definition) is 5. The molecule has 0 aromatic rings. The van der Waals surface area contributed by atoms with Crippen LogP contribution in [0.4, 0.5) is 4.79 Å². The highest BCUT2D eigenvalue weighted by Crippen LogP contribution is 2.01. The molecule has 0 bridgehead atoms. The van der Waals surface area contributed by atoms with Crippen molar-refractivity contribution in [3.63, 3.8) is 0 Å². The van der Waals surface area contributed by atoms with Gasteiger partial charge in [0.25, 0.3) is 0 Å². The largest absolute Gasteiger partial charge is 0.481 e. The Hall–Kier alpha value is -1.83. The highest BCUT2D eigenvalue weighted by Gasteiger charge is 2.18. The van der Waals surface area contributed by atoms with Crippen molar-refractivity contribution in [3.8, 4) is 0 Å². The van der Waals surface area contributed by atoms with Gasteiger partial charge in [0.15, 0.2) is 0 Å². The van der Waals surface area contributed by atoms with Crippen molar-refractivity contribution in [1.29, 1.82) is 0 Å². The molecule has 5 N–H and O–H groups in total. The third-order valence-electron chi connectivity index (χ3n) is 2.80. The molecular weight excluding hydrogens is 278 g/mol. The number of nitrogens with one attached hydrogen (secondary N) is 3. The van der Waals surface area contributed by atoms with E-state index in [4.69, 9.17) is 10.2 Å². The van der Waals surface area contributed by atoms with E-state index in [9.17, 15) is 14.4 Å². The minimum Gasteiger partial charge on any atom is -0.481 e. The van der Waals surface area contributed by atoms with Gasteiger partial charge in [-0.3, -0.25) is 4.79 Å². The van der Waals surface area contributed by atoms with Gasteiger partial charge >= 0.3 is 18.0 Å². The first-order valence-electron chi connectivity index (χ1n) is 7.17. The molecule has 21 heavy (non-hydrogen) atoms. The molecule has 0 saturated carbocycles. The van der Waals surface area contributed by atoms with E-state index in [1.54, 1.807) is 0 Å². The number of unbranched alkanes of at least 4 members (excludes halogenated alkanes) is 1. The first kappa shape index (κ1) is 19.2. The molecule has 0 fully saturated rings. The number of carbonyl (C=O) groups is 3. The van der Waals surface area contributed by atoms with Gasteiger partial charge in [0.2, 0.25) is 0 Å². The van der Waals surface area contributed by atoms with Crippen LogP contribution in [0.3, 0.4) is 0 Å². The van der Waals surface area contributed by atoms with Crippen LogP contribution in [-0.4, -0.2) is 53.9 Å². The highest BCUT2D eigenvalue weighted by atomic mass is 16.4. The molecule has 0 unspecified atom stereocenters. The predicted molar refractivity (Wildman–Crippen MR) is 77.2 cm³/mol. The lowest BCUT2D eigenvalue weighted by molar-refractivity contribution is -0.139. The number of aliphatic carboxylic acids is 2. The monoisotopic (exact) mass is 303 g/mol. The summed E-state index contributed by atoms with van der Waals surface area (Å²) in [4.78, 5) is 32.8. The van der Waals surface area contributed by atoms with Crippen LogP contribution in [-0.2, 0) is 9.59 Å². The van der Waals surface area contributed by atoms with E-state index in [1.807, 2.05) is 6.92 Å². The van der Waals surface area contributed by atoms with Crippen molar-refractivity contribution in [3.05, 3.63) is 0 Å². The molecule has 0 heterocycles. The Labute approximate surface area is 124 Å². The fourth-order valence-corrected chi connectivity index (χ4v) is 1.68. The van der Waals surface area contributed by atoms with E-state index in [1.165, 1.54) is 0 Å². The quantitative estimate of drug-likeness (QED) is 0.332. The second kappa shape index (κ2) is 12.0. The van der Waals surface area contributed by atoms with Crippen molar-refractivity contribution in [2.24, 2.45) is 0 Å². The van der Waals surface area contributed by atoms with Gasteiger partial charge in [0.1, 0.15) is 6.04 Å². The number of rotatable bonds is 12. The molecule has 0 aromatic carbocycles. The summed E-state index contributed by atoms with van der Waals surface area (Å²) in [5.41, 5.74) is 0. The molecule has 0 aliphatic carbocycles. The fourth-order valence-electron chi connectivity index (χ4n) is 1.68. The van der Waals surface area contributed by atoms with Crippen molar-refractivity contribution in [1.82, 2.24) is 16.0 Å². The maximum Gasteiger partial charge on any atom is 0.326 e. The van der Waals surface area contributed by atoms with E-state index < -0.39 is 24.0 Å². The summed E-state index contributed by atoms with van der Waals surface area (Å²) in [6.07, 6.45) is 2.18. The Kier molecular flexibility index (Phi) is 10.9. The van der Waals surface area contributed by atoms with Gasteiger partial charge in [-0.05, 0) is 38.8 Å². The van der Waals surface area contributed by atoms with E-state index in [-0.39, 0.29) is 13.0 Å². The summed E-state index contributed by atoms with van der Waals surface area (Å²) in [6, 6.07) is -1.51. The standard InChI is InChI=1S/C13H25N3O5/c1-2-14-8-4-3-6-10(12(19)20)16-13(21)15-9-5-7-11(17)18/h10,14H,2-9H2,1H3,(H,17,18)(H,19,20)(H2,15,16,21)/t10-/m0/s1. The zero-order valence-corrected chi connectivity index (χ0v) is 12.4. The maximum atomic E-state index is 11.5. The topological polar surface area (TPSA) is 128 Å². The van der Waals surface area contributed by atoms with Crippen LogP contribution in [0, 0.1) is 0 Å². The van der Waals surface area contributed by atoms with Gasteiger partial charge in [0.05, 0.1) is 0 Å². The van der Waals surface area contributed by atoms with Crippen molar-refractivity contribution < 1.29 is 24.6 Å². The number of carboxylic acid groups (broad SMARTS) is 2.